The average molecular weight is 290 g/mol. The van der Waals surface area contributed by atoms with Gasteiger partial charge in [-0.05, 0) is 13.0 Å². The highest BCUT2D eigenvalue weighted by molar-refractivity contribution is 7.21. The first-order chi connectivity index (χ1) is 9.15. The molecule has 1 amide bonds. The largest absolute Gasteiger partial charge is 0.397 e. The molecule has 19 heavy (non-hydrogen) atoms. The monoisotopic (exact) mass is 290 g/mol. The lowest BCUT2D eigenvalue weighted by atomic mass is 10.2. The number of aryl methyl sites for hydroxylation is 1. The first kappa shape index (κ1) is 12.1. The zero-order chi connectivity index (χ0) is 13.4. The van der Waals surface area contributed by atoms with Crippen LogP contribution in [0.25, 0.3) is 10.1 Å². The van der Waals surface area contributed by atoms with Gasteiger partial charge in [0.05, 0.1) is 10.4 Å². The summed E-state index contributed by atoms with van der Waals surface area (Å²) < 4.78 is 0.903. The number of thiazole rings is 1. The predicted octanol–water partition coefficient (Wildman–Crippen LogP) is 2.90. The molecule has 0 saturated heterocycles. The van der Waals surface area contributed by atoms with Gasteiger partial charge in [0.25, 0.3) is 5.91 Å². The Morgan fingerprint density at radius 2 is 2.21 bits per heavy atom. The van der Waals surface area contributed by atoms with Crippen molar-refractivity contribution in [1.29, 1.82) is 0 Å². The topological polar surface area (TPSA) is 80.9 Å². The minimum absolute atomic E-state index is 0.229. The number of hydrogen-bond donors (Lipinski definition) is 2. The number of nitrogens with one attached hydrogen (secondary N) is 1. The zero-order valence-corrected chi connectivity index (χ0v) is 11.6. The maximum Gasteiger partial charge on any atom is 0.269 e. The normalized spacial score (nSPS) is 10.8. The van der Waals surface area contributed by atoms with E-state index in [1.807, 2.05) is 13.0 Å². The first-order valence-corrected chi connectivity index (χ1v) is 7.14. The van der Waals surface area contributed by atoms with Crippen molar-refractivity contribution in [2.45, 2.75) is 6.92 Å². The molecule has 96 valence electrons. The highest BCUT2D eigenvalue weighted by atomic mass is 32.1. The molecule has 5 nitrogen and oxygen atoms in total. The summed E-state index contributed by atoms with van der Waals surface area (Å²) in [6.45, 7) is 1.94. The second-order valence-electron chi connectivity index (χ2n) is 3.95. The third kappa shape index (κ3) is 2.18. The van der Waals surface area contributed by atoms with Crippen LogP contribution in [0.15, 0.2) is 24.7 Å². The second kappa shape index (κ2) is 4.60. The van der Waals surface area contributed by atoms with Crippen LogP contribution in [0, 0.1) is 6.92 Å². The summed E-state index contributed by atoms with van der Waals surface area (Å²) in [5.74, 6) is -0.229. The number of carbonyl (C=O) groups is 1. The van der Waals surface area contributed by atoms with Gasteiger partial charge in [-0.3, -0.25) is 15.1 Å². The van der Waals surface area contributed by atoms with E-state index in [1.54, 1.807) is 18.6 Å². The lowest BCUT2D eigenvalue weighted by molar-refractivity contribution is 0.103. The van der Waals surface area contributed by atoms with E-state index in [0.717, 1.165) is 15.0 Å². The molecule has 0 aromatic carbocycles. The number of amides is 1. The fraction of sp³-hybridized carbons (Fsp3) is 0.0833. The predicted molar refractivity (Wildman–Crippen MR) is 78.8 cm³/mol. The highest BCUT2D eigenvalue weighted by Crippen LogP contribution is 2.33. The van der Waals surface area contributed by atoms with Gasteiger partial charge in [0.15, 0.2) is 5.13 Å². The molecule has 0 aliphatic heterocycles. The molecule has 3 aromatic heterocycles. The van der Waals surface area contributed by atoms with Crippen LogP contribution in [0.3, 0.4) is 0 Å². The van der Waals surface area contributed by atoms with E-state index >= 15 is 0 Å². The summed E-state index contributed by atoms with van der Waals surface area (Å²) in [5.41, 5.74) is 6.50. The average Bonchev–Trinajstić information content (AvgIpc) is 2.94. The Balaban J connectivity index is 1.95. The molecular formula is C12H10N4OS2. The number of nitrogens with two attached hydrogens (primary N) is 1. The molecule has 0 spiro atoms. The molecule has 0 aliphatic rings. The quantitative estimate of drug-likeness (QED) is 0.760. The fourth-order valence-corrected chi connectivity index (χ4v) is 3.35. The summed E-state index contributed by atoms with van der Waals surface area (Å²) in [6.07, 6.45) is 5.09. The van der Waals surface area contributed by atoms with Gasteiger partial charge in [0.1, 0.15) is 4.88 Å². The Labute approximate surface area is 117 Å². The summed E-state index contributed by atoms with van der Waals surface area (Å²) in [6, 6.07) is 1.81. The van der Waals surface area contributed by atoms with E-state index < -0.39 is 0 Å². The SMILES string of the molecule is Cc1cnc(NC(=O)c2sc3cnccc3c2N)s1. The van der Waals surface area contributed by atoms with Gasteiger partial charge in [-0.1, -0.05) is 0 Å². The molecular weight excluding hydrogens is 280 g/mol. The summed E-state index contributed by atoms with van der Waals surface area (Å²) in [7, 11) is 0. The van der Waals surface area contributed by atoms with Crippen molar-refractivity contribution < 1.29 is 4.79 Å². The van der Waals surface area contributed by atoms with E-state index in [4.69, 9.17) is 5.73 Å². The maximum atomic E-state index is 12.2. The Kier molecular flexibility index (Phi) is 2.92. The lowest BCUT2D eigenvalue weighted by Crippen LogP contribution is -2.11. The van der Waals surface area contributed by atoms with Gasteiger partial charge in [-0.15, -0.1) is 22.7 Å². The number of aromatic nitrogens is 2. The van der Waals surface area contributed by atoms with E-state index in [2.05, 4.69) is 15.3 Å². The Morgan fingerprint density at radius 3 is 2.89 bits per heavy atom. The van der Waals surface area contributed by atoms with Crippen molar-refractivity contribution in [1.82, 2.24) is 9.97 Å². The van der Waals surface area contributed by atoms with Crippen molar-refractivity contribution in [3.63, 3.8) is 0 Å². The third-order valence-corrected chi connectivity index (χ3v) is 4.56. The number of thiophene rings is 1. The molecule has 3 aromatic rings. The van der Waals surface area contributed by atoms with Crippen molar-refractivity contribution in [2.24, 2.45) is 0 Å². The lowest BCUT2D eigenvalue weighted by Gasteiger charge is -1.99. The third-order valence-electron chi connectivity index (χ3n) is 2.58. The van der Waals surface area contributed by atoms with Gasteiger partial charge in [-0.25, -0.2) is 4.98 Å². The molecule has 0 bridgehead atoms. The smallest absolute Gasteiger partial charge is 0.269 e. The number of nitrogen functional groups attached to an aromatic ring is 1. The van der Waals surface area contributed by atoms with Crippen LogP contribution in [0.5, 0.6) is 0 Å². The molecule has 3 rings (SSSR count). The molecule has 0 radical (unpaired) electrons. The summed E-state index contributed by atoms with van der Waals surface area (Å²) in [5, 5.41) is 4.20. The Bertz CT molecular complexity index is 762. The van der Waals surface area contributed by atoms with Crippen LogP contribution in [0.1, 0.15) is 14.5 Å². The van der Waals surface area contributed by atoms with Crippen LogP contribution < -0.4 is 11.1 Å². The second-order valence-corrected chi connectivity index (χ2v) is 6.23. The van der Waals surface area contributed by atoms with Crippen molar-refractivity contribution in [2.75, 3.05) is 11.1 Å². The van der Waals surface area contributed by atoms with E-state index in [0.29, 0.717) is 15.7 Å². The van der Waals surface area contributed by atoms with Gasteiger partial charge in [0, 0.05) is 28.9 Å². The summed E-state index contributed by atoms with van der Waals surface area (Å²) in [4.78, 5) is 21.9. The molecule has 7 heteroatoms. The van der Waals surface area contributed by atoms with Gasteiger partial charge < -0.3 is 5.73 Å². The Hall–Kier alpha value is -1.99. The fourth-order valence-electron chi connectivity index (χ4n) is 1.71. The van der Waals surface area contributed by atoms with Crippen LogP contribution >= 0.6 is 22.7 Å². The molecule has 0 atom stereocenters. The molecule has 0 fully saturated rings. The minimum atomic E-state index is -0.229. The van der Waals surface area contributed by atoms with E-state index in [-0.39, 0.29) is 5.91 Å². The van der Waals surface area contributed by atoms with Crippen LogP contribution in [-0.2, 0) is 0 Å². The number of carbonyl (C=O) groups excluding carboxylic acids is 1. The molecule has 3 heterocycles. The number of hydrogen-bond acceptors (Lipinski definition) is 6. The zero-order valence-electron chi connectivity index (χ0n) is 10.0. The van der Waals surface area contributed by atoms with Crippen LogP contribution in [0.2, 0.25) is 0 Å². The number of rotatable bonds is 2. The van der Waals surface area contributed by atoms with E-state index in [1.165, 1.54) is 22.7 Å². The highest BCUT2D eigenvalue weighted by Gasteiger charge is 2.17. The van der Waals surface area contributed by atoms with Crippen molar-refractivity contribution in [3.05, 3.63) is 34.4 Å². The van der Waals surface area contributed by atoms with Crippen molar-refractivity contribution >= 4 is 49.5 Å². The van der Waals surface area contributed by atoms with Gasteiger partial charge in [0.2, 0.25) is 0 Å². The van der Waals surface area contributed by atoms with Crippen molar-refractivity contribution in [3.8, 4) is 0 Å². The molecule has 3 N–H and O–H groups in total. The Morgan fingerprint density at radius 1 is 1.37 bits per heavy atom. The van der Waals surface area contributed by atoms with Gasteiger partial charge in [-0.2, -0.15) is 0 Å². The number of nitrogens with zero attached hydrogens (tertiary/aromatic N) is 2. The summed E-state index contributed by atoms with van der Waals surface area (Å²) >= 11 is 2.77. The number of pyridine rings is 1. The van der Waals surface area contributed by atoms with Gasteiger partial charge >= 0.3 is 0 Å². The molecule has 0 saturated carbocycles. The number of anilines is 2. The standard InChI is InChI=1S/C12H10N4OS2/c1-6-4-15-12(18-6)16-11(17)10-9(13)7-2-3-14-5-8(7)19-10/h2-5H,13H2,1H3,(H,15,16,17). The first-order valence-electron chi connectivity index (χ1n) is 5.51. The molecule has 0 unspecified atom stereocenters. The minimum Gasteiger partial charge on any atom is -0.397 e. The maximum absolute atomic E-state index is 12.2. The number of fused-ring (bicyclic) bond motifs is 1. The van der Waals surface area contributed by atoms with E-state index in [9.17, 15) is 4.79 Å². The van der Waals surface area contributed by atoms with Crippen LogP contribution in [-0.4, -0.2) is 15.9 Å². The van der Waals surface area contributed by atoms with Crippen LogP contribution in [0.4, 0.5) is 10.8 Å². The molecule has 0 aliphatic carbocycles.